The van der Waals surface area contributed by atoms with Crippen LogP contribution >= 0.6 is 11.8 Å². The molecule has 1 aliphatic heterocycles. The standard InChI is InChI=1S/C22H29N3.C19H25NO2S/c1-6-9-10-20(19-13-11-18(15-23)12-14-19)21(17(5)25-8-3)22(24)16(4)7-2;1-12-5-7-16(9-13(12)2)19-18(15(4)20-22-19)11-23-10-17-8-6-14(3)21-17/h8,10-14H,6-7,9,24H2,1-5H3;5,7,9,14,17H,6,8,10-11H2,1-4H3/b20-10-,21-17-,22-16-,25-8?;. The van der Waals surface area contributed by atoms with Gasteiger partial charge in [0.15, 0.2) is 5.76 Å². The minimum Gasteiger partial charge on any atom is -0.398 e. The van der Waals surface area contributed by atoms with Crippen molar-refractivity contribution in [3.8, 4) is 17.4 Å². The van der Waals surface area contributed by atoms with Crippen molar-refractivity contribution in [2.45, 2.75) is 112 Å². The SMILES string of the molecule is CC=N/C(C)=C(C(=C\CCC)/c1ccc(C#N)cc1)\C(N)=C(/C)CC.Cc1ccc(-c2onc(C)c2CSCC2CCC(C)O2)cc1C. The van der Waals surface area contributed by atoms with Gasteiger partial charge in [0.05, 0.1) is 29.5 Å². The Balaban J connectivity index is 0.000000261. The average Bonchev–Trinajstić information content (AvgIpc) is 3.68. The topological polar surface area (TPSA) is 97.4 Å². The molecule has 2 aromatic carbocycles. The van der Waals surface area contributed by atoms with Crippen LogP contribution in [0.2, 0.25) is 0 Å². The molecule has 256 valence electrons. The molecule has 2 atom stereocenters. The maximum Gasteiger partial charge on any atom is 0.171 e. The summed E-state index contributed by atoms with van der Waals surface area (Å²) < 4.78 is 11.5. The van der Waals surface area contributed by atoms with E-state index in [-0.39, 0.29) is 0 Å². The van der Waals surface area contributed by atoms with E-state index in [2.05, 4.69) is 82.0 Å². The van der Waals surface area contributed by atoms with Gasteiger partial charge < -0.3 is 15.0 Å². The summed E-state index contributed by atoms with van der Waals surface area (Å²) >= 11 is 1.92. The van der Waals surface area contributed by atoms with E-state index in [4.69, 9.17) is 20.3 Å². The fraction of sp³-hybridized carbons (Fsp3) is 0.439. The Morgan fingerprint density at radius 2 is 1.81 bits per heavy atom. The van der Waals surface area contributed by atoms with Crippen LogP contribution in [0.1, 0.15) is 107 Å². The molecule has 2 N–H and O–H groups in total. The highest BCUT2D eigenvalue weighted by Gasteiger charge is 2.23. The molecule has 48 heavy (non-hydrogen) atoms. The second-order valence-electron chi connectivity index (χ2n) is 12.5. The number of nitrogens with zero attached hydrogens (tertiary/aromatic N) is 3. The van der Waals surface area contributed by atoms with Crippen LogP contribution in [0.3, 0.4) is 0 Å². The summed E-state index contributed by atoms with van der Waals surface area (Å²) in [4.78, 5) is 4.50. The van der Waals surface area contributed by atoms with Crippen LogP contribution in [0.25, 0.3) is 16.9 Å². The van der Waals surface area contributed by atoms with Crippen LogP contribution in [0, 0.1) is 32.1 Å². The molecule has 1 aromatic heterocycles. The second kappa shape index (κ2) is 19.2. The Morgan fingerprint density at radius 3 is 2.40 bits per heavy atom. The normalized spacial score (nSPS) is 17.5. The number of rotatable bonds is 12. The maximum atomic E-state index is 9.05. The van der Waals surface area contributed by atoms with Gasteiger partial charge >= 0.3 is 0 Å². The summed E-state index contributed by atoms with van der Waals surface area (Å²) in [5.41, 5.74) is 19.0. The monoisotopic (exact) mass is 666 g/mol. The zero-order chi connectivity index (χ0) is 35.2. The van der Waals surface area contributed by atoms with Gasteiger partial charge in [-0.15, -0.1) is 0 Å². The molecule has 2 unspecified atom stereocenters. The maximum absolute atomic E-state index is 9.05. The molecule has 6 nitrogen and oxygen atoms in total. The first-order valence-corrected chi connectivity index (χ1v) is 18.3. The zero-order valence-electron chi connectivity index (χ0n) is 30.4. The smallest absolute Gasteiger partial charge is 0.171 e. The van der Waals surface area contributed by atoms with Crippen molar-refractivity contribution < 1.29 is 9.26 Å². The highest BCUT2D eigenvalue weighted by molar-refractivity contribution is 7.98. The van der Waals surface area contributed by atoms with Crippen molar-refractivity contribution in [1.29, 1.82) is 5.26 Å². The summed E-state index contributed by atoms with van der Waals surface area (Å²) in [5, 5.41) is 13.2. The second-order valence-corrected chi connectivity index (χ2v) is 13.6. The number of aliphatic imine (C=N–C) groups is 1. The van der Waals surface area contributed by atoms with Crippen molar-refractivity contribution in [3.63, 3.8) is 0 Å². The van der Waals surface area contributed by atoms with E-state index in [0.717, 1.165) is 81.5 Å². The van der Waals surface area contributed by atoms with Crippen LogP contribution < -0.4 is 5.73 Å². The summed E-state index contributed by atoms with van der Waals surface area (Å²) in [6.45, 7) is 18.7. The highest BCUT2D eigenvalue weighted by Crippen LogP contribution is 2.34. The number of thioether (sulfide) groups is 1. The third kappa shape index (κ3) is 10.6. The Kier molecular flexibility index (Phi) is 15.4. The van der Waals surface area contributed by atoms with Gasteiger partial charge in [-0.05, 0) is 120 Å². The number of ether oxygens (including phenoxy) is 1. The van der Waals surface area contributed by atoms with Crippen LogP contribution in [-0.4, -0.2) is 29.3 Å². The number of hydrogen-bond acceptors (Lipinski definition) is 7. The van der Waals surface area contributed by atoms with E-state index in [1.54, 1.807) is 6.21 Å². The lowest BCUT2D eigenvalue weighted by molar-refractivity contribution is 0.0700. The van der Waals surface area contributed by atoms with Gasteiger partial charge in [-0.25, -0.2) is 0 Å². The molecule has 3 aromatic rings. The van der Waals surface area contributed by atoms with Crippen molar-refractivity contribution in [1.82, 2.24) is 5.16 Å². The van der Waals surface area contributed by atoms with E-state index in [0.29, 0.717) is 17.8 Å². The minimum absolute atomic E-state index is 0.403. The number of aromatic nitrogens is 1. The van der Waals surface area contributed by atoms with Gasteiger partial charge in [0.2, 0.25) is 0 Å². The number of nitrogens with two attached hydrogens (primary N) is 1. The molecular weight excluding hydrogens is 613 g/mol. The minimum atomic E-state index is 0.403. The fourth-order valence-electron chi connectivity index (χ4n) is 5.54. The quantitative estimate of drug-likeness (QED) is 0.153. The first-order chi connectivity index (χ1) is 23.0. The molecule has 1 saturated heterocycles. The van der Waals surface area contributed by atoms with E-state index in [9.17, 15) is 0 Å². The fourth-order valence-corrected chi connectivity index (χ4v) is 6.71. The van der Waals surface area contributed by atoms with E-state index in [1.807, 2.05) is 56.8 Å². The third-order valence-corrected chi connectivity index (χ3v) is 9.90. The van der Waals surface area contributed by atoms with Gasteiger partial charge in [-0.3, -0.25) is 4.99 Å². The number of hydrogen-bond donors (Lipinski definition) is 1. The number of aryl methyl sites for hydroxylation is 3. The van der Waals surface area contributed by atoms with Gasteiger partial charge in [0, 0.05) is 45.8 Å². The lowest BCUT2D eigenvalue weighted by atomic mass is 9.90. The Bertz CT molecular complexity index is 1670. The molecule has 0 spiro atoms. The number of unbranched alkanes of at least 4 members (excludes halogenated alkanes) is 1. The molecule has 1 aliphatic rings. The van der Waals surface area contributed by atoms with Crippen molar-refractivity contribution in [3.05, 3.63) is 105 Å². The number of benzene rings is 2. The number of nitriles is 1. The van der Waals surface area contributed by atoms with Gasteiger partial charge in [-0.2, -0.15) is 17.0 Å². The molecule has 0 saturated carbocycles. The molecular formula is C41H54N4O2S. The van der Waals surface area contributed by atoms with Crippen LogP contribution in [0.5, 0.6) is 0 Å². The molecule has 4 rings (SSSR count). The predicted octanol–water partition coefficient (Wildman–Crippen LogP) is 10.8. The van der Waals surface area contributed by atoms with Crippen LogP contribution in [0.4, 0.5) is 0 Å². The lowest BCUT2D eigenvalue weighted by Crippen LogP contribution is -2.11. The van der Waals surface area contributed by atoms with Crippen molar-refractivity contribution in [2.75, 3.05) is 5.75 Å². The van der Waals surface area contributed by atoms with Crippen molar-refractivity contribution in [2.24, 2.45) is 10.7 Å². The van der Waals surface area contributed by atoms with Gasteiger partial charge in [0.25, 0.3) is 0 Å². The molecule has 0 radical (unpaired) electrons. The largest absolute Gasteiger partial charge is 0.398 e. The summed E-state index contributed by atoms with van der Waals surface area (Å²) in [6, 6.07) is 16.3. The Labute approximate surface area is 293 Å². The van der Waals surface area contributed by atoms with Gasteiger partial charge in [0.1, 0.15) is 0 Å². The van der Waals surface area contributed by atoms with E-state index < -0.39 is 0 Å². The zero-order valence-corrected chi connectivity index (χ0v) is 31.3. The first kappa shape index (κ1) is 38.6. The van der Waals surface area contributed by atoms with E-state index in [1.165, 1.54) is 29.5 Å². The molecule has 0 bridgehead atoms. The lowest BCUT2D eigenvalue weighted by Gasteiger charge is -2.18. The average molecular weight is 667 g/mol. The molecule has 1 fully saturated rings. The molecule has 7 heteroatoms. The van der Waals surface area contributed by atoms with Gasteiger partial charge in [-0.1, -0.05) is 55.8 Å². The molecule has 2 heterocycles. The Hall–Kier alpha value is -3.86. The Morgan fingerprint density at radius 1 is 1.08 bits per heavy atom. The van der Waals surface area contributed by atoms with Crippen LogP contribution in [-0.2, 0) is 10.5 Å². The first-order valence-electron chi connectivity index (χ1n) is 17.2. The summed E-state index contributed by atoms with van der Waals surface area (Å²) in [6.07, 6.45) is 10.1. The predicted molar refractivity (Wildman–Crippen MR) is 204 cm³/mol. The molecule has 0 aliphatic carbocycles. The van der Waals surface area contributed by atoms with Crippen LogP contribution in [0.15, 0.2) is 80.6 Å². The number of allylic oxidation sites excluding steroid dienone is 4. The summed E-state index contributed by atoms with van der Waals surface area (Å²) in [7, 11) is 0. The molecule has 0 amide bonds. The highest BCUT2D eigenvalue weighted by atomic mass is 32.2. The van der Waals surface area contributed by atoms with E-state index >= 15 is 0 Å². The summed E-state index contributed by atoms with van der Waals surface area (Å²) in [5.74, 6) is 2.88. The third-order valence-electron chi connectivity index (χ3n) is 8.80. The van der Waals surface area contributed by atoms with Crippen molar-refractivity contribution >= 4 is 23.5 Å².